The van der Waals surface area contributed by atoms with Gasteiger partial charge in [-0.25, -0.2) is 0 Å². The van der Waals surface area contributed by atoms with Gasteiger partial charge >= 0.3 is 0 Å². The van der Waals surface area contributed by atoms with Gasteiger partial charge in [-0.3, -0.25) is 4.90 Å². The van der Waals surface area contributed by atoms with Crippen LogP contribution in [0.4, 0.5) is 5.69 Å². The molecular formula is C16H26ClN3. The van der Waals surface area contributed by atoms with Crippen LogP contribution in [0.25, 0.3) is 0 Å². The van der Waals surface area contributed by atoms with Crippen molar-refractivity contribution < 1.29 is 0 Å². The minimum absolute atomic E-state index is 0.867. The lowest BCUT2D eigenvalue weighted by Crippen LogP contribution is -2.46. The van der Waals surface area contributed by atoms with E-state index in [1.165, 1.54) is 25.1 Å². The predicted octanol–water partition coefficient (Wildman–Crippen LogP) is 2.85. The largest absolute Gasteiger partial charge is 0.368 e. The number of unbranched alkanes of at least 4 members (excludes halogenated alkanes) is 1. The maximum absolute atomic E-state index is 6.26. The number of nitrogens with zero attached hydrogens (tertiary/aromatic N) is 2. The fraction of sp³-hybridized carbons (Fsp3) is 0.625. The molecule has 2 rings (SSSR count). The highest BCUT2D eigenvalue weighted by atomic mass is 35.5. The molecule has 0 aromatic heterocycles. The zero-order valence-corrected chi connectivity index (χ0v) is 13.2. The number of nitrogens with one attached hydrogen (secondary N) is 1. The quantitative estimate of drug-likeness (QED) is 0.781. The van der Waals surface area contributed by atoms with Crippen LogP contribution in [0.2, 0.25) is 5.02 Å². The van der Waals surface area contributed by atoms with E-state index < -0.39 is 0 Å². The Morgan fingerprint density at radius 3 is 2.55 bits per heavy atom. The Morgan fingerprint density at radius 1 is 1.10 bits per heavy atom. The maximum Gasteiger partial charge on any atom is 0.0639 e. The SMILES string of the molecule is CCNCCCCN1CCN(c2ccccc2Cl)CC1. The summed E-state index contributed by atoms with van der Waals surface area (Å²) in [5.41, 5.74) is 1.18. The first-order valence-electron chi connectivity index (χ1n) is 7.74. The lowest BCUT2D eigenvalue weighted by atomic mass is 10.2. The molecule has 3 nitrogen and oxygen atoms in total. The highest BCUT2D eigenvalue weighted by molar-refractivity contribution is 6.33. The summed E-state index contributed by atoms with van der Waals surface area (Å²) in [7, 11) is 0. The van der Waals surface area contributed by atoms with E-state index in [0.29, 0.717) is 0 Å². The lowest BCUT2D eigenvalue weighted by Gasteiger charge is -2.36. The van der Waals surface area contributed by atoms with Gasteiger partial charge in [-0.2, -0.15) is 0 Å². The smallest absolute Gasteiger partial charge is 0.0639 e. The monoisotopic (exact) mass is 295 g/mol. The molecule has 0 amide bonds. The number of anilines is 1. The van der Waals surface area contributed by atoms with Crippen LogP contribution >= 0.6 is 11.6 Å². The van der Waals surface area contributed by atoms with Gasteiger partial charge in [-0.15, -0.1) is 0 Å². The molecule has 1 N–H and O–H groups in total. The number of para-hydroxylation sites is 1. The highest BCUT2D eigenvalue weighted by Gasteiger charge is 2.17. The third-order valence-electron chi connectivity index (χ3n) is 3.89. The zero-order chi connectivity index (χ0) is 14.2. The molecule has 1 saturated heterocycles. The highest BCUT2D eigenvalue weighted by Crippen LogP contribution is 2.25. The number of halogens is 1. The van der Waals surface area contributed by atoms with Crippen LogP contribution in [-0.2, 0) is 0 Å². The maximum atomic E-state index is 6.26. The van der Waals surface area contributed by atoms with Gasteiger partial charge in [0.2, 0.25) is 0 Å². The third-order valence-corrected chi connectivity index (χ3v) is 4.21. The Hall–Kier alpha value is -0.770. The van der Waals surface area contributed by atoms with Crippen LogP contribution in [0.3, 0.4) is 0 Å². The molecule has 0 aliphatic carbocycles. The molecule has 112 valence electrons. The molecule has 1 aromatic carbocycles. The van der Waals surface area contributed by atoms with Gasteiger partial charge in [0.1, 0.15) is 0 Å². The second-order valence-corrected chi connectivity index (χ2v) is 5.75. The van der Waals surface area contributed by atoms with Crippen molar-refractivity contribution in [3.63, 3.8) is 0 Å². The molecule has 20 heavy (non-hydrogen) atoms. The normalized spacial score (nSPS) is 16.6. The molecular weight excluding hydrogens is 270 g/mol. The first-order chi connectivity index (χ1) is 9.81. The summed E-state index contributed by atoms with van der Waals surface area (Å²) in [5.74, 6) is 0. The Labute approximate surface area is 127 Å². The Kier molecular flexibility index (Phi) is 6.64. The first-order valence-corrected chi connectivity index (χ1v) is 8.11. The summed E-state index contributed by atoms with van der Waals surface area (Å²) in [6, 6.07) is 8.15. The summed E-state index contributed by atoms with van der Waals surface area (Å²) < 4.78 is 0. The molecule has 0 saturated carbocycles. The average molecular weight is 296 g/mol. The fourth-order valence-electron chi connectivity index (χ4n) is 2.68. The average Bonchev–Trinajstić information content (AvgIpc) is 2.48. The standard InChI is InChI=1S/C16H26ClN3/c1-2-18-9-5-6-10-19-11-13-20(14-12-19)16-8-4-3-7-15(16)17/h3-4,7-8,18H,2,5-6,9-14H2,1H3. The Bertz CT molecular complexity index is 389. The van der Waals surface area contributed by atoms with E-state index in [1.807, 2.05) is 12.1 Å². The molecule has 1 aliphatic rings. The Balaban J connectivity index is 1.69. The van der Waals surface area contributed by atoms with Crippen molar-refractivity contribution in [2.24, 2.45) is 0 Å². The summed E-state index contributed by atoms with van der Waals surface area (Å²) in [6.45, 7) is 10.1. The van der Waals surface area contributed by atoms with Crippen LogP contribution < -0.4 is 10.2 Å². The van der Waals surface area contributed by atoms with Gasteiger partial charge in [0.05, 0.1) is 10.7 Å². The van der Waals surface area contributed by atoms with Crippen LogP contribution in [0.5, 0.6) is 0 Å². The van der Waals surface area contributed by atoms with Gasteiger partial charge in [0, 0.05) is 26.2 Å². The van der Waals surface area contributed by atoms with Crippen molar-refractivity contribution in [3.05, 3.63) is 29.3 Å². The first kappa shape index (κ1) is 15.6. The summed E-state index contributed by atoms with van der Waals surface area (Å²) in [4.78, 5) is 4.97. The van der Waals surface area contributed by atoms with Crippen LogP contribution in [0.15, 0.2) is 24.3 Å². The summed E-state index contributed by atoms with van der Waals surface area (Å²) in [6.07, 6.45) is 2.57. The fourth-order valence-corrected chi connectivity index (χ4v) is 2.94. The molecule has 1 heterocycles. The zero-order valence-electron chi connectivity index (χ0n) is 12.4. The second-order valence-electron chi connectivity index (χ2n) is 5.34. The number of benzene rings is 1. The van der Waals surface area contributed by atoms with Gasteiger partial charge in [-0.05, 0) is 44.6 Å². The number of rotatable bonds is 7. The van der Waals surface area contributed by atoms with Crippen molar-refractivity contribution in [2.45, 2.75) is 19.8 Å². The van der Waals surface area contributed by atoms with E-state index in [1.54, 1.807) is 0 Å². The van der Waals surface area contributed by atoms with Gasteiger partial charge in [0.25, 0.3) is 0 Å². The van der Waals surface area contributed by atoms with E-state index in [-0.39, 0.29) is 0 Å². The van der Waals surface area contributed by atoms with Crippen molar-refractivity contribution in [2.75, 3.05) is 50.7 Å². The second kappa shape index (κ2) is 8.50. The van der Waals surface area contributed by atoms with Crippen LogP contribution in [0.1, 0.15) is 19.8 Å². The van der Waals surface area contributed by atoms with Crippen molar-refractivity contribution in [3.8, 4) is 0 Å². The molecule has 0 spiro atoms. The third kappa shape index (κ3) is 4.65. The minimum Gasteiger partial charge on any atom is -0.368 e. The van der Waals surface area contributed by atoms with Crippen molar-refractivity contribution >= 4 is 17.3 Å². The molecule has 0 atom stereocenters. The predicted molar refractivity (Wildman–Crippen MR) is 87.9 cm³/mol. The van der Waals surface area contributed by atoms with Crippen LogP contribution in [0, 0.1) is 0 Å². The molecule has 1 aromatic rings. The molecule has 0 bridgehead atoms. The molecule has 0 radical (unpaired) electrons. The van der Waals surface area contributed by atoms with Crippen molar-refractivity contribution in [1.29, 1.82) is 0 Å². The van der Waals surface area contributed by atoms with E-state index in [0.717, 1.165) is 44.3 Å². The molecule has 1 aliphatic heterocycles. The van der Waals surface area contributed by atoms with E-state index in [9.17, 15) is 0 Å². The summed E-state index contributed by atoms with van der Waals surface area (Å²) in [5, 5.41) is 4.25. The lowest BCUT2D eigenvalue weighted by molar-refractivity contribution is 0.252. The Morgan fingerprint density at radius 2 is 1.85 bits per heavy atom. The summed E-state index contributed by atoms with van der Waals surface area (Å²) >= 11 is 6.26. The van der Waals surface area contributed by atoms with Crippen molar-refractivity contribution in [1.82, 2.24) is 10.2 Å². The molecule has 0 unspecified atom stereocenters. The van der Waals surface area contributed by atoms with E-state index in [2.05, 4.69) is 34.2 Å². The van der Waals surface area contributed by atoms with Gasteiger partial charge in [-0.1, -0.05) is 30.7 Å². The molecule has 1 fully saturated rings. The number of hydrogen-bond donors (Lipinski definition) is 1. The van der Waals surface area contributed by atoms with Crippen LogP contribution in [-0.4, -0.2) is 50.7 Å². The number of piperazine rings is 1. The topological polar surface area (TPSA) is 18.5 Å². The minimum atomic E-state index is 0.867. The molecule has 4 heteroatoms. The number of hydrogen-bond acceptors (Lipinski definition) is 3. The van der Waals surface area contributed by atoms with Gasteiger partial charge < -0.3 is 10.2 Å². The van der Waals surface area contributed by atoms with E-state index >= 15 is 0 Å². The van der Waals surface area contributed by atoms with E-state index in [4.69, 9.17) is 11.6 Å². The van der Waals surface area contributed by atoms with Gasteiger partial charge in [0.15, 0.2) is 0 Å².